The van der Waals surface area contributed by atoms with Gasteiger partial charge in [-0.15, -0.1) is 0 Å². The molecule has 1 heterocycles. The summed E-state index contributed by atoms with van der Waals surface area (Å²) in [6.07, 6.45) is -2.16. The number of nitrogens with zero attached hydrogens (tertiary/aromatic N) is 1. The number of hydrogen-bond acceptors (Lipinski definition) is 3. The lowest BCUT2D eigenvalue weighted by Crippen LogP contribution is -2.35. The van der Waals surface area contributed by atoms with Crippen LogP contribution in [0.25, 0.3) is 0 Å². The molecule has 106 valence electrons. The van der Waals surface area contributed by atoms with Crippen molar-refractivity contribution in [2.24, 2.45) is 0 Å². The molecular weight excluding hydrogens is 270 g/mol. The van der Waals surface area contributed by atoms with Gasteiger partial charge in [-0.2, -0.15) is 0 Å². The third kappa shape index (κ3) is 2.12. The van der Waals surface area contributed by atoms with Crippen LogP contribution in [0.4, 0.5) is 9.59 Å². The summed E-state index contributed by atoms with van der Waals surface area (Å²) in [4.78, 5) is 23.8. The number of cyclic esters (lactones) is 1. The van der Waals surface area contributed by atoms with Crippen molar-refractivity contribution >= 4 is 12.2 Å². The van der Waals surface area contributed by atoms with E-state index in [4.69, 9.17) is 9.84 Å². The van der Waals surface area contributed by atoms with Gasteiger partial charge >= 0.3 is 12.2 Å². The number of carbonyl (C=O) groups is 2. The Bertz CT molecular complexity index is 630. The highest BCUT2D eigenvalue weighted by molar-refractivity contribution is 5.89. The van der Waals surface area contributed by atoms with Gasteiger partial charge in [0.1, 0.15) is 0 Å². The van der Waals surface area contributed by atoms with Gasteiger partial charge in [0.2, 0.25) is 0 Å². The Morgan fingerprint density at radius 3 is 1.86 bits per heavy atom. The van der Waals surface area contributed by atoms with Crippen LogP contribution in [0, 0.1) is 0 Å². The van der Waals surface area contributed by atoms with Crippen LogP contribution in [0.2, 0.25) is 0 Å². The number of amides is 2. The number of ether oxygens (including phenoxy) is 1. The summed E-state index contributed by atoms with van der Waals surface area (Å²) in [5.41, 5.74) is 0.388. The summed E-state index contributed by atoms with van der Waals surface area (Å²) in [5.74, 6) is 0. The molecule has 0 spiro atoms. The Kier molecular flexibility index (Phi) is 3.10. The molecule has 1 N–H and O–H groups in total. The van der Waals surface area contributed by atoms with E-state index in [1.165, 1.54) is 0 Å². The molecular formula is C16H13NO4. The van der Waals surface area contributed by atoms with Crippen molar-refractivity contribution in [2.75, 3.05) is 6.54 Å². The predicted octanol–water partition coefficient (Wildman–Crippen LogP) is 3.06. The molecule has 0 aromatic heterocycles. The van der Waals surface area contributed by atoms with Gasteiger partial charge < -0.3 is 9.84 Å². The van der Waals surface area contributed by atoms with Crippen molar-refractivity contribution in [3.63, 3.8) is 0 Å². The molecule has 0 radical (unpaired) electrons. The smallest absolute Gasteiger partial charge is 0.420 e. The van der Waals surface area contributed by atoms with Crippen LogP contribution in [0.3, 0.4) is 0 Å². The standard InChI is InChI=1S/C16H13NO4/c18-14(19)17-11-16(21-15(17)20,12-7-3-1-4-8-12)13-9-5-2-6-10-13/h1-10H,11H2,(H,18,19). The Balaban J connectivity index is 2.14. The Hall–Kier alpha value is -2.82. The van der Waals surface area contributed by atoms with Gasteiger partial charge in [-0.3, -0.25) is 0 Å². The first kappa shape index (κ1) is 13.2. The predicted molar refractivity (Wildman–Crippen MR) is 74.9 cm³/mol. The Morgan fingerprint density at radius 2 is 1.48 bits per heavy atom. The van der Waals surface area contributed by atoms with E-state index in [1.54, 1.807) is 0 Å². The van der Waals surface area contributed by atoms with Crippen LogP contribution in [0.5, 0.6) is 0 Å². The van der Waals surface area contributed by atoms with E-state index in [9.17, 15) is 9.59 Å². The van der Waals surface area contributed by atoms with E-state index in [0.717, 1.165) is 11.1 Å². The largest absolute Gasteiger partial charge is 0.465 e. The fourth-order valence-electron chi connectivity index (χ4n) is 2.55. The lowest BCUT2D eigenvalue weighted by Gasteiger charge is -2.27. The molecule has 1 fully saturated rings. The molecule has 0 saturated carbocycles. The minimum Gasteiger partial charge on any atom is -0.465 e. The molecule has 5 nitrogen and oxygen atoms in total. The van der Waals surface area contributed by atoms with Crippen molar-refractivity contribution < 1.29 is 19.4 Å². The van der Waals surface area contributed by atoms with E-state index in [-0.39, 0.29) is 6.54 Å². The molecule has 5 heteroatoms. The van der Waals surface area contributed by atoms with Crippen LogP contribution in [-0.4, -0.2) is 28.7 Å². The maximum absolute atomic E-state index is 11.9. The molecule has 2 aromatic carbocycles. The number of hydrogen-bond donors (Lipinski definition) is 1. The molecule has 0 atom stereocenters. The highest BCUT2D eigenvalue weighted by atomic mass is 16.6. The minimum absolute atomic E-state index is 0.0603. The molecule has 0 aliphatic carbocycles. The van der Waals surface area contributed by atoms with Crippen molar-refractivity contribution in [2.45, 2.75) is 5.60 Å². The summed E-state index contributed by atoms with van der Waals surface area (Å²) in [6, 6.07) is 18.3. The molecule has 2 aromatic rings. The molecule has 0 bridgehead atoms. The van der Waals surface area contributed by atoms with E-state index in [0.29, 0.717) is 4.90 Å². The van der Waals surface area contributed by atoms with Crippen LogP contribution >= 0.6 is 0 Å². The third-order valence-corrected chi connectivity index (χ3v) is 3.57. The maximum atomic E-state index is 11.9. The van der Waals surface area contributed by atoms with Gasteiger partial charge in [-0.25, -0.2) is 14.5 Å². The second-order valence-electron chi connectivity index (χ2n) is 4.80. The fourth-order valence-corrected chi connectivity index (χ4v) is 2.55. The first-order chi connectivity index (χ1) is 10.1. The highest BCUT2D eigenvalue weighted by Crippen LogP contribution is 2.39. The Labute approximate surface area is 121 Å². The highest BCUT2D eigenvalue weighted by Gasteiger charge is 2.50. The topological polar surface area (TPSA) is 66.8 Å². The average Bonchev–Trinajstić information content (AvgIpc) is 2.88. The minimum atomic E-state index is -1.31. The van der Waals surface area contributed by atoms with Crippen molar-refractivity contribution in [3.05, 3.63) is 71.8 Å². The van der Waals surface area contributed by atoms with Crippen molar-refractivity contribution in [1.29, 1.82) is 0 Å². The summed E-state index contributed by atoms with van der Waals surface area (Å²) < 4.78 is 5.50. The fraction of sp³-hybridized carbons (Fsp3) is 0.125. The first-order valence-electron chi connectivity index (χ1n) is 6.48. The summed E-state index contributed by atoms with van der Waals surface area (Å²) in [6.45, 7) is -0.0603. The van der Waals surface area contributed by atoms with Crippen LogP contribution < -0.4 is 0 Å². The van der Waals surface area contributed by atoms with Gasteiger partial charge in [-0.1, -0.05) is 60.7 Å². The lowest BCUT2D eigenvalue weighted by atomic mass is 9.86. The first-order valence-corrected chi connectivity index (χ1v) is 6.48. The van der Waals surface area contributed by atoms with Crippen LogP contribution in [-0.2, 0) is 10.3 Å². The van der Waals surface area contributed by atoms with E-state index in [1.807, 2.05) is 60.7 Å². The van der Waals surface area contributed by atoms with Gasteiger partial charge in [0, 0.05) is 11.1 Å². The molecule has 0 unspecified atom stereocenters. The zero-order valence-corrected chi connectivity index (χ0v) is 11.1. The molecule has 1 saturated heterocycles. The SMILES string of the molecule is O=C(O)N1CC(c2ccccc2)(c2ccccc2)OC1=O. The average molecular weight is 283 g/mol. The summed E-state index contributed by atoms with van der Waals surface area (Å²) in [5, 5.41) is 9.13. The number of imide groups is 1. The third-order valence-electron chi connectivity index (χ3n) is 3.57. The van der Waals surface area contributed by atoms with Crippen molar-refractivity contribution in [3.8, 4) is 0 Å². The normalized spacial score (nSPS) is 16.6. The zero-order valence-electron chi connectivity index (χ0n) is 11.1. The van der Waals surface area contributed by atoms with Crippen LogP contribution in [0.15, 0.2) is 60.7 Å². The molecule has 1 aliphatic heterocycles. The van der Waals surface area contributed by atoms with E-state index in [2.05, 4.69) is 0 Å². The summed E-state index contributed by atoms with van der Waals surface area (Å²) in [7, 11) is 0. The molecule has 2 amide bonds. The van der Waals surface area contributed by atoms with Crippen LogP contribution in [0.1, 0.15) is 11.1 Å². The number of rotatable bonds is 2. The van der Waals surface area contributed by atoms with Gasteiger partial charge in [0.15, 0.2) is 5.60 Å². The number of carbonyl (C=O) groups excluding carboxylic acids is 1. The zero-order chi connectivity index (χ0) is 14.9. The number of benzene rings is 2. The van der Waals surface area contributed by atoms with E-state index >= 15 is 0 Å². The molecule has 3 rings (SSSR count). The lowest BCUT2D eigenvalue weighted by molar-refractivity contribution is 0.0859. The van der Waals surface area contributed by atoms with Gasteiger partial charge in [0.25, 0.3) is 0 Å². The number of carboxylic acid groups (broad SMARTS) is 1. The van der Waals surface area contributed by atoms with Gasteiger partial charge in [-0.05, 0) is 0 Å². The van der Waals surface area contributed by atoms with Gasteiger partial charge in [0.05, 0.1) is 6.54 Å². The second-order valence-corrected chi connectivity index (χ2v) is 4.80. The second kappa shape index (κ2) is 4.94. The molecule has 1 aliphatic rings. The monoisotopic (exact) mass is 283 g/mol. The summed E-state index contributed by atoms with van der Waals surface area (Å²) >= 11 is 0. The maximum Gasteiger partial charge on any atom is 0.420 e. The molecule has 21 heavy (non-hydrogen) atoms. The van der Waals surface area contributed by atoms with E-state index < -0.39 is 17.8 Å². The Morgan fingerprint density at radius 1 is 1.00 bits per heavy atom. The quantitative estimate of drug-likeness (QED) is 0.919. The van der Waals surface area contributed by atoms with Crippen molar-refractivity contribution in [1.82, 2.24) is 4.90 Å².